The molecule has 1 aromatic heterocycles. The van der Waals surface area contributed by atoms with Gasteiger partial charge in [0.15, 0.2) is 17.3 Å². The van der Waals surface area contributed by atoms with Gasteiger partial charge < -0.3 is 19.4 Å². The van der Waals surface area contributed by atoms with Crippen LogP contribution in [0.15, 0.2) is 48.5 Å². The van der Waals surface area contributed by atoms with E-state index in [1.54, 1.807) is 13.0 Å². The highest BCUT2D eigenvalue weighted by molar-refractivity contribution is 6.11. The average Bonchev–Trinajstić information content (AvgIpc) is 3.45. The smallest absolute Gasteiger partial charge is 0.325 e. The lowest BCUT2D eigenvalue weighted by atomic mass is 9.91. The Morgan fingerprint density at radius 3 is 2.44 bits per heavy atom. The standard InChI is InChI=1S/C26H25N3O5/c1-15-5-7-18(8-6-15)26(4)24(31)28(25(32)27-26)13-21(30)20-11-16(2)29(17(20)3)19-9-10-22-23(12-19)34-14-33-22/h5-12H,13-14H2,1-4H3,(H,27,32). The number of aryl methyl sites for hydroxylation is 2. The van der Waals surface area contributed by atoms with Gasteiger partial charge in [-0.2, -0.15) is 0 Å². The maximum absolute atomic E-state index is 13.3. The van der Waals surface area contributed by atoms with Crippen molar-refractivity contribution in [1.29, 1.82) is 0 Å². The molecule has 8 heteroatoms. The number of hydrogen-bond acceptors (Lipinski definition) is 5. The van der Waals surface area contributed by atoms with Gasteiger partial charge in [0.05, 0.1) is 6.54 Å². The Morgan fingerprint density at radius 1 is 1.00 bits per heavy atom. The molecular weight excluding hydrogens is 434 g/mol. The molecule has 3 heterocycles. The summed E-state index contributed by atoms with van der Waals surface area (Å²) in [5.74, 6) is 0.571. The summed E-state index contributed by atoms with van der Waals surface area (Å²) in [6.45, 7) is 7.20. The minimum absolute atomic E-state index is 0.180. The fourth-order valence-corrected chi connectivity index (χ4v) is 4.62. The van der Waals surface area contributed by atoms with Gasteiger partial charge >= 0.3 is 6.03 Å². The van der Waals surface area contributed by atoms with Gasteiger partial charge in [-0.25, -0.2) is 4.79 Å². The van der Waals surface area contributed by atoms with Crippen molar-refractivity contribution in [2.24, 2.45) is 0 Å². The molecule has 0 bridgehead atoms. The number of fused-ring (bicyclic) bond motifs is 1. The third kappa shape index (κ3) is 3.34. The van der Waals surface area contributed by atoms with Crippen LogP contribution in [-0.4, -0.2) is 40.5 Å². The number of aromatic nitrogens is 1. The SMILES string of the molecule is Cc1ccc(C2(C)NC(=O)N(CC(=O)c3cc(C)n(-c4ccc5c(c4)OCO5)c3C)C2=O)cc1. The maximum Gasteiger partial charge on any atom is 0.325 e. The first kappa shape index (κ1) is 21.8. The van der Waals surface area contributed by atoms with Crippen molar-refractivity contribution in [2.75, 3.05) is 13.3 Å². The van der Waals surface area contributed by atoms with Crippen LogP contribution in [0.25, 0.3) is 5.69 Å². The van der Waals surface area contributed by atoms with E-state index in [0.717, 1.165) is 27.5 Å². The fraction of sp³-hybridized carbons (Fsp3) is 0.269. The topological polar surface area (TPSA) is 89.9 Å². The zero-order chi connectivity index (χ0) is 24.2. The summed E-state index contributed by atoms with van der Waals surface area (Å²) in [5.41, 5.74) is 3.37. The molecule has 1 N–H and O–H groups in total. The average molecular weight is 460 g/mol. The Hall–Kier alpha value is -4.07. The third-order valence-electron chi connectivity index (χ3n) is 6.55. The van der Waals surface area contributed by atoms with Crippen molar-refractivity contribution >= 4 is 17.7 Å². The Balaban J connectivity index is 1.41. The van der Waals surface area contributed by atoms with Gasteiger partial charge in [0.2, 0.25) is 6.79 Å². The van der Waals surface area contributed by atoms with Gasteiger partial charge in [0.1, 0.15) is 5.54 Å². The lowest BCUT2D eigenvalue weighted by molar-refractivity contribution is -0.130. The number of amides is 3. The summed E-state index contributed by atoms with van der Waals surface area (Å²) >= 11 is 0. The molecule has 34 heavy (non-hydrogen) atoms. The molecule has 2 aliphatic rings. The van der Waals surface area contributed by atoms with Crippen molar-refractivity contribution < 1.29 is 23.9 Å². The molecule has 8 nitrogen and oxygen atoms in total. The van der Waals surface area contributed by atoms with Crippen LogP contribution in [0.4, 0.5) is 4.79 Å². The van der Waals surface area contributed by atoms with Gasteiger partial charge in [-0.15, -0.1) is 0 Å². The van der Waals surface area contributed by atoms with Gasteiger partial charge in [0, 0.05) is 28.7 Å². The van der Waals surface area contributed by atoms with Crippen LogP contribution in [0.1, 0.15) is 39.8 Å². The van der Waals surface area contributed by atoms with E-state index in [2.05, 4.69) is 5.32 Å². The third-order valence-corrected chi connectivity index (χ3v) is 6.55. The van der Waals surface area contributed by atoms with E-state index in [0.29, 0.717) is 22.6 Å². The van der Waals surface area contributed by atoms with Crippen LogP contribution in [0.2, 0.25) is 0 Å². The minimum Gasteiger partial charge on any atom is -0.454 e. The van der Waals surface area contributed by atoms with E-state index in [1.807, 2.05) is 67.8 Å². The van der Waals surface area contributed by atoms with Gasteiger partial charge in [-0.05, 0) is 51.5 Å². The summed E-state index contributed by atoms with van der Waals surface area (Å²) in [7, 11) is 0. The van der Waals surface area contributed by atoms with Crippen molar-refractivity contribution in [3.05, 3.63) is 76.6 Å². The second-order valence-corrected chi connectivity index (χ2v) is 8.89. The number of benzene rings is 2. The van der Waals surface area contributed by atoms with E-state index < -0.39 is 17.5 Å². The van der Waals surface area contributed by atoms with E-state index in [-0.39, 0.29) is 19.1 Å². The molecule has 2 aliphatic heterocycles. The summed E-state index contributed by atoms with van der Waals surface area (Å²) in [6.07, 6.45) is 0. The van der Waals surface area contributed by atoms with Crippen LogP contribution in [0.3, 0.4) is 0 Å². The van der Waals surface area contributed by atoms with Gasteiger partial charge in [-0.3, -0.25) is 14.5 Å². The summed E-state index contributed by atoms with van der Waals surface area (Å²) in [5, 5.41) is 2.76. The number of ketones is 1. The Kier molecular flexibility index (Phi) is 4.97. The first-order valence-electron chi connectivity index (χ1n) is 11.0. The zero-order valence-corrected chi connectivity index (χ0v) is 19.5. The number of rotatable bonds is 5. The first-order valence-corrected chi connectivity index (χ1v) is 11.0. The van der Waals surface area contributed by atoms with Crippen LogP contribution < -0.4 is 14.8 Å². The molecule has 174 valence electrons. The number of carbonyl (C=O) groups is 3. The molecule has 1 fully saturated rings. The lowest BCUT2D eigenvalue weighted by Gasteiger charge is -2.22. The quantitative estimate of drug-likeness (QED) is 0.463. The molecule has 1 unspecified atom stereocenters. The van der Waals surface area contributed by atoms with Gasteiger partial charge in [-0.1, -0.05) is 29.8 Å². The number of hydrogen-bond donors (Lipinski definition) is 1. The first-order chi connectivity index (χ1) is 16.2. The molecule has 3 aromatic rings. The fourth-order valence-electron chi connectivity index (χ4n) is 4.62. The number of nitrogens with zero attached hydrogens (tertiary/aromatic N) is 2. The predicted molar refractivity (Wildman–Crippen MR) is 124 cm³/mol. The highest BCUT2D eigenvalue weighted by Gasteiger charge is 2.49. The van der Waals surface area contributed by atoms with Crippen LogP contribution in [0, 0.1) is 20.8 Å². The molecule has 2 aromatic carbocycles. The van der Waals surface area contributed by atoms with Gasteiger partial charge in [0.25, 0.3) is 5.91 Å². The number of imide groups is 1. The number of Topliss-reactive ketones (excluding diaryl/α,β-unsaturated/α-hetero) is 1. The maximum atomic E-state index is 13.3. The molecule has 0 aliphatic carbocycles. The Bertz CT molecular complexity index is 1340. The molecule has 1 atom stereocenters. The van der Waals surface area contributed by atoms with E-state index in [9.17, 15) is 14.4 Å². The van der Waals surface area contributed by atoms with Crippen molar-refractivity contribution in [2.45, 2.75) is 33.2 Å². The largest absolute Gasteiger partial charge is 0.454 e. The van der Waals surface area contributed by atoms with Crippen LogP contribution in [0.5, 0.6) is 11.5 Å². The molecular formula is C26H25N3O5. The molecule has 0 saturated carbocycles. The van der Waals surface area contributed by atoms with Crippen molar-refractivity contribution in [3.8, 4) is 17.2 Å². The second kappa shape index (κ2) is 7.76. The zero-order valence-electron chi connectivity index (χ0n) is 19.5. The Labute approximate surface area is 197 Å². The number of carbonyl (C=O) groups excluding carboxylic acids is 3. The van der Waals surface area contributed by atoms with E-state index in [1.165, 1.54) is 0 Å². The predicted octanol–water partition coefficient (Wildman–Crippen LogP) is 3.78. The van der Waals surface area contributed by atoms with Crippen molar-refractivity contribution in [3.63, 3.8) is 0 Å². The summed E-state index contributed by atoms with van der Waals surface area (Å²) in [4.78, 5) is 40.2. The molecule has 0 radical (unpaired) electrons. The number of nitrogens with one attached hydrogen (secondary N) is 1. The highest BCUT2D eigenvalue weighted by atomic mass is 16.7. The summed E-state index contributed by atoms with van der Waals surface area (Å²) < 4.78 is 12.8. The molecule has 1 saturated heterocycles. The lowest BCUT2D eigenvalue weighted by Crippen LogP contribution is -2.41. The second-order valence-electron chi connectivity index (χ2n) is 8.89. The molecule has 3 amide bonds. The van der Waals surface area contributed by atoms with E-state index in [4.69, 9.17) is 9.47 Å². The molecule has 5 rings (SSSR count). The molecule has 0 spiro atoms. The minimum atomic E-state index is -1.21. The normalized spacial score (nSPS) is 19.0. The Morgan fingerprint density at radius 2 is 1.71 bits per heavy atom. The van der Waals surface area contributed by atoms with Crippen LogP contribution in [-0.2, 0) is 10.3 Å². The highest BCUT2D eigenvalue weighted by Crippen LogP contribution is 2.35. The number of ether oxygens (including phenoxy) is 2. The number of urea groups is 1. The summed E-state index contributed by atoms with van der Waals surface area (Å²) in [6, 6.07) is 14.2. The van der Waals surface area contributed by atoms with E-state index >= 15 is 0 Å². The van der Waals surface area contributed by atoms with Crippen molar-refractivity contribution in [1.82, 2.24) is 14.8 Å². The monoisotopic (exact) mass is 459 g/mol. The van der Waals surface area contributed by atoms with Crippen LogP contribution >= 0.6 is 0 Å².